The van der Waals surface area contributed by atoms with Gasteiger partial charge in [0.05, 0.1) is 10.6 Å². The Labute approximate surface area is 120 Å². The second-order valence-corrected chi connectivity index (χ2v) is 5.60. The van der Waals surface area contributed by atoms with Crippen molar-refractivity contribution in [3.8, 4) is 23.0 Å². The molecule has 2 N–H and O–H groups in total. The van der Waals surface area contributed by atoms with E-state index in [1.807, 2.05) is 25.1 Å². The minimum absolute atomic E-state index is 0.443. The van der Waals surface area contributed by atoms with Gasteiger partial charge in [-0.25, -0.2) is 0 Å². The Kier molecular flexibility index (Phi) is 3.23. The Morgan fingerprint density at radius 1 is 1.40 bits per heavy atom. The molecule has 0 atom stereocenters. The number of aromatic nitrogens is 3. The number of nitrogens with two attached hydrogens (primary N) is 1. The van der Waals surface area contributed by atoms with E-state index in [9.17, 15) is 0 Å². The van der Waals surface area contributed by atoms with Crippen molar-refractivity contribution in [1.29, 1.82) is 0 Å². The zero-order valence-electron chi connectivity index (χ0n) is 11.3. The van der Waals surface area contributed by atoms with E-state index in [1.165, 1.54) is 4.88 Å². The van der Waals surface area contributed by atoms with Crippen LogP contribution in [0.15, 0.2) is 28.9 Å². The second-order valence-electron chi connectivity index (χ2n) is 4.44. The van der Waals surface area contributed by atoms with Crippen LogP contribution in [0.4, 0.5) is 5.00 Å². The zero-order valence-corrected chi connectivity index (χ0v) is 12.1. The van der Waals surface area contributed by atoms with Gasteiger partial charge in [0.15, 0.2) is 0 Å². The van der Waals surface area contributed by atoms with E-state index >= 15 is 0 Å². The van der Waals surface area contributed by atoms with Crippen LogP contribution in [0.5, 0.6) is 0 Å². The lowest BCUT2D eigenvalue weighted by atomic mass is 10.2. The van der Waals surface area contributed by atoms with E-state index in [2.05, 4.69) is 22.0 Å². The third-order valence-electron chi connectivity index (χ3n) is 3.04. The normalized spacial score (nSPS) is 10.9. The van der Waals surface area contributed by atoms with Gasteiger partial charge in [-0.1, -0.05) is 18.1 Å². The topological polar surface area (TPSA) is 77.8 Å². The molecule has 0 saturated carbocycles. The van der Waals surface area contributed by atoms with Crippen molar-refractivity contribution >= 4 is 16.3 Å². The first kappa shape index (κ1) is 12.8. The van der Waals surface area contributed by atoms with Crippen LogP contribution in [0.2, 0.25) is 0 Å². The van der Waals surface area contributed by atoms with Crippen molar-refractivity contribution in [2.75, 3.05) is 5.73 Å². The first-order chi connectivity index (χ1) is 9.69. The van der Waals surface area contributed by atoms with E-state index in [-0.39, 0.29) is 0 Å². The monoisotopic (exact) mass is 286 g/mol. The molecular weight excluding hydrogens is 272 g/mol. The van der Waals surface area contributed by atoms with Crippen molar-refractivity contribution in [2.45, 2.75) is 20.3 Å². The maximum atomic E-state index is 6.00. The third kappa shape index (κ3) is 2.18. The van der Waals surface area contributed by atoms with Crippen LogP contribution in [-0.4, -0.2) is 15.1 Å². The minimum Gasteiger partial charge on any atom is -0.390 e. The summed E-state index contributed by atoms with van der Waals surface area (Å²) in [7, 11) is 0. The second kappa shape index (κ2) is 5.05. The SMILES string of the molecule is CCc1cc(-c2nc(-c3ncccc3C)no2)c(N)s1. The van der Waals surface area contributed by atoms with Crippen molar-refractivity contribution in [2.24, 2.45) is 0 Å². The predicted molar refractivity (Wildman–Crippen MR) is 79.4 cm³/mol. The molecule has 3 aromatic rings. The van der Waals surface area contributed by atoms with Crippen LogP contribution in [0.25, 0.3) is 23.0 Å². The van der Waals surface area contributed by atoms with Crippen LogP contribution in [0, 0.1) is 6.92 Å². The van der Waals surface area contributed by atoms with Crippen LogP contribution < -0.4 is 5.73 Å². The van der Waals surface area contributed by atoms with Gasteiger partial charge < -0.3 is 10.3 Å². The van der Waals surface area contributed by atoms with E-state index in [4.69, 9.17) is 10.3 Å². The van der Waals surface area contributed by atoms with Crippen molar-refractivity contribution in [3.63, 3.8) is 0 Å². The molecule has 0 aliphatic carbocycles. The Bertz CT molecular complexity index is 747. The lowest BCUT2D eigenvalue weighted by Gasteiger charge is -1.96. The summed E-state index contributed by atoms with van der Waals surface area (Å²) < 4.78 is 5.32. The summed E-state index contributed by atoms with van der Waals surface area (Å²) in [6.45, 7) is 4.05. The number of nitrogen functional groups attached to an aromatic ring is 1. The minimum atomic E-state index is 0.443. The van der Waals surface area contributed by atoms with Gasteiger partial charge in [-0.05, 0) is 31.0 Å². The van der Waals surface area contributed by atoms with E-state index < -0.39 is 0 Å². The molecule has 0 amide bonds. The average molecular weight is 286 g/mol. The molecule has 0 aliphatic rings. The molecule has 3 heterocycles. The summed E-state index contributed by atoms with van der Waals surface area (Å²) in [5.74, 6) is 0.931. The molecule has 0 aromatic carbocycles. The molecule has 102 valence electrons. The van der Waals surface area contributed by atoms with Gasteiger partial charge in [0.2, 0.25) is 5.82 Å². The van der Waals surface area contributed by atoms with Crippen LogP contribution in [0.1, 0.15) is 17.4 Å². The number of anilines is 1. The number of aryl methyl sites for hydroxylation is 2. The highest BCUT2D eigenvalue weighted by Gasteiger charge is 2.17. The smallest absolute Gasteiger partial charge is 0.261 e. The summed E-state index contributed by atoms with van der Waals surface area (Å²) in [6, 6.07) is 5.85. The number of hydrogen-bond donors (Lipinski definition) is 1. The van der Waals surface area contributed by atoms with Crippen LogP contribution >= 0.6 is 11.3 Å². The Balaban J connectivity index is 2.02. The molecule has 0 spiro atoms. The summed E-state index contributed by atoms with van der Waals surface area (Å²) in [5, 5.41) is 4.70. The molecule has 0 saturated heterocycles. The van der Waals surface area contributed by atoms with Gasteiger partial charge in [-0.3, -0.25) is 4.98 Å². The number of rotatable bonds is 3. The van der Waals surface area contributed by atoms with Crippen molar-refractivity contribution < 1.29 is 4.52 Å². The Hall–Kier alpha value is -2.21. The van der Waals surface area contributed by atoms with E-state index in [0.29, 0.717) is 16.7 Å². The number of thiophene rings is 1. The maximum absolute atomic E-state index is 6.00. The maximum Gasteiger partial charge on any atom is 0.261 e. The summed E-state index contributed by atoms with van der Waals surface area (Å²) in [4.78, 5) is 9.89. The Morgan fingerprint density at radius 3 is 2.95 bits per heavy atom. The first-order valence-electron chi connectivity index (χ1n) is 6.33. The number of nitrogens with zero attached hydrogens (tertiary/aromatic N) is 3. The van der Waals surface area contributed by atoms with Gasteiger partial charge in [-0.15, -0.1) is 11.3 Å². The largest absolute Gasteiger partial charge is 0.390 e. The molecule has 20 heavy (non-hydrogen) atoms. The summed E-state index contributed by atoms with van der Waals surface area (Å²) >= 11 is 1.55. The molecule has 0 aliphatic heterocycles. The Morgan fingerprint density at radius 2 is 2.25 bits per heavy atom. The van der Waals surface area contributed by atoms with Gasteiger partial charge in [0.25, 0.3) is 5.89 Å². The van der Waals surface area contributed by atoms with Crippen LogP contribution in [-0.2, 0) is 6.42 Å². The molecule has 0 radical (unpaired) electrons. The van der Waals surface area contributed by atoms with Gasteiger partial charge in [0, 0.05) is 11.1 Å². The highest BCUT2D eigenvalue weighted by molar-refractivity contribution is 7.16. The molecule has 6 heteroatoms. The molecule has 0 fully saturated rings. The fourth-order valence-electron chi connectivity index (χ4n) is 1.95. The van der Waals surface area contributed by atoms with Gasteiger partial charge >= 0.3 is 0 Å². The fraction of sp³-hybridized carbons (Fsp3) is 0.214. The molecule has 3 rings (SSSR count). The fourth-order valence-corrected chi connectivity index (χ4v) is 2.81. The van der Waals surface area contributed by atoms with Gasteiger partial charge in [-0.2, -0.15) is 4.98 Å². The molecule has 0 unspecified atom stereocenters. The highest BCUT2D eigenvalue weighted by atomic mass is 32.1. The van der Waals surface area contributed by atoms with Crippen molar-refractivity contribution in [1.82, 2.24) is 15.1 Å². The molecule has 3 aromatic heterocycles. The lowest BCUT2D eigenvalue weighted by molar-refractivity contribution is 0.432. The van der Waals surface area contributed by atoms with E-state index in [1.54, 1.807) is 17.5 Å². The lowest BCUT2D eigenvalue weighted by Crippen LogP contribution is -1.89. The summed E-state index contributed by atoms with van der Waals surface area (Å²) in [6.07, 6.45) is 2.65. The average Bonchev–Trinajstić information content (AvgIpc) is 3.05. The summed E-state index contributed by atoms with van der Waals surface area (Å²) in [5.41, 5.74) is 8.54. The third-order valence-corrected chi connectivity index (χ3v) is 4.15. The zero-order chi connectivity index (χ0) is 14.1. The van der Waals surface area contributed by atoms with Crippen LogP contribution in [0.3, 0.4) is 0 Å². The molecule has 5 nitrogen and oxygen atoms in total. The standard InChI is InChI=1S/C14H14N4OS/c1-3-9-7-10(12(15)20-9)14-17-13(18-19-14)11-8(2)5-4-6-16-11/h4-7H,3,15H2,1-2H3. The quantitative estimate of drug-likeness (QED) is 0.799. The molecule has 0 bridgehead atoms. The highest BCUT2D eigenvalue weighted by Crippen LogP contribution is 2.34. The molecular formula is C14H14N4OS. The van der Waals surface area contributed by atoms with Gasteiger partial charge in [0.1, 0.15) is 5.69 Å². The van der Waals surface area contributed by atoms with E-state index in [0.717, 1.165) is 23.2 Å². The van der Waals surface area contributed by atoms with Crippen molar-refractivity contribution in [3.05, 3.63) is 34.8 Å². The number of hydrogen-bond acceptors (Lipinski definition) is 6. The first-order valence-corrected chi connectivity index (χ1v) is 7.15. The predicted octanol–water partition coefficient (Wildman–Crippen LogP) is 3.31. The number of pyridine rings is 1.